The molecule has 106 valence electrons. The van der Waals surface area contributed by atoms with Gasteiger partial charge >= 0.3 is 0 Å². The third kappa shape index (κ3) is 4.03. The maximum absolute atomic E-state index is 11.6. The highest BCUT2D eigenvalue weighted by molar-refractivity contribution is 5.84. The van der Waals surface area contributed by atoms with Crippen molar-refractivity contribution in [3.05, 3.63) is 42.2 Å². The number of carbonyl (C=O) groups excluding carboxylic acids is 1. The minimum atomic E-state index is 0.0342. The number of amides is 1. The number of nitrogens with zero attached hydrogens (tertiary/aromatic N) is 1. The summed E-state index contributed by atoms with van der Waals surface area (Å²) in [5.41, 5.74) is 1.11. The number of benzene rings is 1. The van der Waals surface area contributed by atoms with Gasteiger partial charge in [-0.3, -0.25) is 9.78 Å². The minimum Gasteiger partial charge on any atom is -0.355 e. The van der Waals surface area contributed by atoms with E-state index < -0.39 is 0 Å². The van der Waals surface area contributed by atoms with Crippen LogP contribution < -0.4 is 10.6 Å². The molecule has 1 heterocycles. The van der Waals surface area contributed by atoms with Gasteiger partial charge in [0, 0.05) is 30.9 Å². The molecule has 1 amide bonds. The van der Waals surface area contributed by atoms with E-state index in [-0.39, 0.29) is 5.91 Å². The van der Waals surface area contributed by atoms with Crippen LogP contribution in [-0.2, 0) is 11.3 Å². The number of hydrogen-bond donors (Lipinski definition) is 2. The molecule has 0 spiro atoms. The first-order valence-electron chi connectivity index (χ1n) is 6.96. The van der Waals surface area contributed by atoms with Crippen LogP contribution in [0.15, 0.2) is 36.7 Å². The van der Waals surface area contributed by atoms with Crippen LogP contribution in [0, 0.1) is 5.92 Å². The van der Waals surface area contributed by atoms with Crippen molar-refractivity contribution < 1.29 is 4.79 Å². The third-order valence-corrected chi connectivity index (χ3v) is 3.06. The zero-order chi connectivity index (χ0) is 14.4. The lowest BCUT2D eigenvalue weighted by atomic mass is 10.1. The molecule has 0 radical (unpaired) electrons. The van der Waals surface area contributed by atoms with Crippen molar-refractivity contribution in [3.63, 3.8) is 0 Å². The minimum absolute atomic E-state index is 0.0342. The summed E-state index contributed by atoms with van der Waals surface area (Å²) in [7, 11) is 0. The van der Waals surface area contributed by atoms with E-state index in [0.29, 0.717) is 19.0 Å². The SMILES string of the molecule is CC(C)CNC(=O)CNCc1cncc2ccccc12. The van der Waals surface area contributed by atoms with Crippen molar-refractivity contribution in [3.8, 4) is 0 Å². The average Bonchev–Trinajstić information content (AvgIpc) is 2.45. The lowest BCUT2D eigenvalue weighted by Crippen LogP contribution is -2.35. The van der Waals surface area contributed by atoms with Crippen molar-refractivity contribution >= 4 is 16.7 Å². The standard InChI is InChI=1S/C16H21N3O/c1-12(2)7-19-16(20)11-18-10-14-9-17-8-13-5-3-4-6-15(13)14/h3-6,8-9,12,18H,7,10-11H2,1-2H3,(H,19,20). The van der Waals surface area contributed by atoms with Gasteiger partial charge in [0.25, 0.3) is 0 Å². The van der Waals surface area contributed by atoms with Crippen LogP contribution >= 0.6 is 0 Å². The highest BCUT2D eigenvalue weighted by Gasteiger charge is 2.04. The quantitative estimate of drug-likeness (QED) is 0.846. The topological polar surface area (TPSA) is 54.0 Å². The first kappa shape index (κ1) is 14.5. The molecule has 2 N–H and O–H groups in total. The van der Waals surface area contributed by atoms with E-state index in [1.807, 2.05) is 30.6 Å². The zero-order valence-electron chi connectivity index (χ0n) is 12.0. The van der Waals surface area contributed by atoms with Gasteiger partial charge in [-0.25, -0.2) is 0 Å². The summed E-state index contributed by atoms with van der Waals surface area (Å²) in [6, 6.07) is 8.13. The van der Waals surface area contributed by atoms with Crippen LogP contribution in [-0.4, -0.2) is 24.0 Å². The molecule has 4 nitrogen and oxygen atoms in total. The molecule has 0 aliphatic heterocycles. The van der Waals surface area contributed by atoms with Crippen LogP contribution in [0.1, 0.15) is 19.4 Å². The molecule has 2 aromatic rings. The molecule has 0 fully saturated rings. The second-order valence-electron chi connectivity index (χ2n) is 5.32. The molecular weight excluding hydrogens is 250 g/mol. The van der Waals surface area contributed by atoms with E-state index in [4.69, 9.17) is 0 Å². The first-order valence-corrected chi connectivity index (χ1v) is 6.96. The Morgan fingerprint density at radius 1 is 1.25 bits per heavy atom. The van der Waals surface area contributed by atoms with E-state index in [1.54, 1.807) is 0 Å². The van der Waals surface area contributed by atoms with Gasteiger partial charge in [-0.15, -0.1) is 0 Å². The van der Waals surface area contributed by atoms with Gasteiger partial charge in [-0.05, 0) is 16.9 Å². The molecule has 0 aliphatic carbocycles. The monoisotopic (exact) mass is 271 g/mol. The van der Waals surface area contributed by atoms with E-state index in [2.05, 4.69) is 35.5 Å². The van der Waals surface area contributed by atoms with Crippen molar-refractivity contribution in [2.75, 3.05) is 13.1 Å². The molecule has 20 heavy (non-hydrogen) atoms. The number of fused-ring (bicyclic) bond motifs is 1. The summed E-state index contributed by atoms with van der Waals surface area (Å²) >= 11 is 0. The smallest absolute Gasteiger partial charge is 0.233 e. The summed E-state index contributed by atoms with van der Waals surface area (Å²) in [6.45, 7) is 5.85. The number of nitrogens with one attached hydrogen (secondary N) is 2. The molecule has 0 aliphatic rings. The Morgan fingerprint density at radius 3 is 2.85 bits per heavy atom. The second-order valence-corrected chi connectivity index (χ2v) is 5.32. The van der Waals surface area contributed by atoms with Crippen LogP contribution in [0.2, 0.25) is 0 Å². The molecule has 0 unspecified atom stereocenters. The Morgan fingerprint density at radius 2 is 2.05 bits per heavy atom. The fraction of sp³-hybridized carbons (Fsp3) is 0.375. The van der Waals surface area contributed by atoms with Gasteiger partial charge in [0.15, 0.2) is 0 Å². The van der Waals surface area contributed by atoms with E-state index in [1.165, 1.54) is 5.39 Å². The number of hydrogen-bond acceptors (Lipinski definition) is 3. The summed E-state index contributed by atoms with van der Waals surface area (Å²) in [5, 5.41) is 8.35. The van der Waals surface area contributed by atoms with Crippen LogP contribution in [0.4, 0.5) is 0 Å². The molecule has 1 aromatic carbocycles. The molecule has 0 bridgehead atoms. The Balaban J connectivity index is 1.88. The van der Waals surface area contributed by atoms with Gasteiger partial charge in [-0.1, -0.05) is 38.1 Å². The van der Waals surface area contributed by atoms with Gasteiger partial charge < -0.3 is 10.6 Å². The van der Waals surface area contributed by atoms with Gasteiger partial charge in [-0.2, -0.15) is 0 Å². The van der Waals surface area contributed by atoms with Crippen molar-refractivity contribution in [1.29, 1.82) is 0 Å². The second kappa shape index (κ2) is 7.01. The molecule has 1 aromatic heterocycles. The third-order valence-electron chi connectivity index (χ3n) is 3.06. The number of aromatic nitrogens is 1. The van der Waals surface area contributed by atoms with E-state index in [0.717, 1.165) is 17.5 Å². The summed E-state index contributed by atoms with van der Waals surface area (Å²) in [4.78, 5) is 15.8. The fourth-order valence-corrected chi connectivity index (χ4v) is 2.01. The first-order chi connectivity index (χ1) is 9.66. The summed E-state index contributed by atoms with van der Waals surface area (Å²) < 4.78 is 0. The number of pyridine rings is 1. The van der Waals surface area contributed by atoms with Crippen LogP contribution in [0.25, 0.3) is 10.8 Å². The fourth-order valence-electron chi connectivity index (χ4n) is 2.01. The Labute approximate surface area is 119 Å². The van der Waals surface area contributed by atoms with Gasteiger partial charge in [0.05, 0.1) is 6.54 Å². The number of rotatable bonds is 6. The van der Waals surface area contributed by atoms with Gasteiger partial charge in [0.1, 0.15) is 0 Å². The highest BCUT2D eigenvalue weighted by Crippen LogP contribution is 2.16. The van der Waals surface area contributed by atoms with E-state index >= 15 is 0 Å². The summed E-state index contributed by atoms with van der Waals surface area (Å²) in [5.74, 6) is 0.508. The summed E-state index contributed by atoms with van der Waals surface area (Å²) in [6.07, 6.45) is 3.70. The highest BCUT2D eigenvalue weighted by atomic mass is 16.1. The van der Waals surface area contributed by atoms with Crippen LogP contribution in [0.5, 0.6) is 0 Å². The predicted molar refractivity (Wildman–Crippen MR) is 81.3 cm³/mol. The predicted octanol–water partition coefficient (Wildman–Crippen LogP) is 2.10. The molecule has 4 heteroatoms. The number of carbonyl (C=O) groups is 1. The zero-order valence-corrected chi connectivity index (χ0v) is 12.0. The van der Waals surface area contributed by atoms with Gasteiger partial charge in [0.2, 0.25) is 5.91 Å². The lowest BCUT2D eigenvalue weighted by molar-refractivity contribution is -0.120. The average molecular weight is 271 g/mol. The molecule has 0 saturated heterocycles. The molecular formula is C16H21N3O. The van der Waals surface area contributed by atoms with Crippen molar-refractivity contribution in [1.82, 2.24) is 15.6 Å². The molecule has 2 rings (SSSR count). The van der Waals surface area contributed by atoms with Crippen LogP contribution in [0.3, 0.4) is 0 Å². The Hall–Kier alpha value is -1.94. The Kier molecular flexibility index (Phi) is 5.07. The van der Waals surface area contributed by atoms with E-state index in [9.17, 15) is 4.79 Å². The normalized spacial score (nSPS) is 10.9. The van der Waals surface area contributed by atoms with Crippen molar-refractivity contribution in [2.45, 2.75) is 20.4 Å². The molecule has 0 atom stereocenters. The molecule has 0 saturated carbocycles. The van der Waals surface area contributed by atoms with Crippen molar-refractivity contribution in [2.24, 2.45) is 5.92 Å². The maximum Gasteiger partial charge on any atom is 0.233 e. The maximum atomic E-state index is 11.6. The Bertz CT molecular complexity index is 575. The largest absolute Gasteiger partial charge is 0.355 e. The lowest BCUT2D eigenvalue weighted by Gasteiger charge is -2.09.